The van der Waals surface area contributed by atoms with E-state index in [-0.39, 0.29) is 23.3 Å². The van der Waals surface area contributed by atoms with E-state index in [0.717, 1.165) is 10.7 Å². The Labute approximate surface area is 132 Å². The second-order valence-corrected chi connectivity index (χ2v) is 5.26. The van der Waals surface area contributed by atoms with Gasteiger partial charge in [0.2, 0.25) is 0 Å². The summed E-state index contributed by atoms with van der Waals surface area (Å²) in [6.07, 6.45) is 1.58. The molecular weight excluding hydrogens is 306 g/mol. The molecule has 2 rings (SSSR count). The Morgan fingerprint density at radius 1 is 1.30 bits per heavy atom. The van der Waals surface area contributed by atoms with Crippen LogP contribution in [-0.4, -0.2) is 33.2 Å². The summed E-state index contributed by atoms with van der Waals surface area (Å²) < 4.78 is 34.1. The number of hydrogen-bond acceptors (Lipinski definition) is 3. The molecule has 0 spiro atoms. The number of halogens is 2. The van der Waals surface area contributed by atoms with Crippen LogP contribution >= 0.6 is 0 Å². The fourth-order valence-electron chi connectivity index (χ4n) is 2.19. The molecular formula is C16H19F2N2O3+. The number of benzene rings is 1. The number of ether oxygens (including phenoxy) is 1. The summed E-state index contributed by atoms with van der Waals surface area (Å²) in [5, 5.41) is 2.79. The van der Waals surface area contributed by atoms with E-state index in [2.05, 4.69) is 10.1 Å². The van der Waals surface area contributed by atoms with Crippen LogP contribution in [0.15, 0.2) is 47.1 Å². The number of amides is 1. The summed E-state index contributed by atoms with van der Waals surface area (Å²) in [4.78, 5) is 13.3. The normalized spacial score (nSPS) is 12.4. The van der Waals surface area contributed by atoms with Crippen molar-refractivity contribution in [2.24, 2.45) is 0 Å². The van der Waals surface area contributed by atoms with Gasteiger partial charge in [-0.3, -0.25) is 4.79 Å². The number of nitrogens with one attached hydrogen (secondary N) is 2. The molecule has 7 heteroatoms. The van der Waals surface area contributed by atoms with Crippen molar-refractivity contribution in [3.05, 3.63) is 54.0 Å². The Morgan fingerprint density at radius 2 is 2.09 bits per heavy atom. The van der Waals surface area contributed by atoms with Gasteiger partial charge in [-0.1, -0.05) is 6.07 Å². The average molecular weight is 325 g/mol. The first kappa shape index (κ1) is 17.0. The Balaban J connectivity index is 2.01. The molecule has 2 N–H and O–H groups in total. The highest BCUT2D eigenvalue weighted by Crippen LogP contribution is 2.16. The van der Waals surface area contributed by atoms with Crippen molar-refractivity contribution in [3.63, 3.8) is 0 Å². The summed E-state index contributed by atoms with van der Waals surface area (Å²) in [6.45, 7) is -2.57. The molecule has 0 bridgehead atoms. The van der Waals surface area contributed by atoms with Crippen molar-refractivity contribution in [2.45, 2.75) is 12.7 Å². The van der Waals surface area contributed by atoms with Crippen LogP contribution in [0.1, 0.15) is 22.2 Å². The zero-order valence-electron chi connectivity index (χ0n) is 12.9. The number of quaternary nitrogens is 1. The lowest BCUT2D eigenvalue weighted by Crippen LogP contribution is -3.07. The second kappa shape index (κ2) is 7.73. The predicted molar refractivity (Wildman–Crippen MR) is 79.7 cm³/mol. The van der Waals surface area contributed by atoms with Crippen molar-refractivity contribution in [2.75, 3.05) is 20.6 Å². The van der Waals surface area contributed by atoms with Crippen molar-refractivity contribution >= 4 is 5.91 Å². The van der Waals surface area contributed by atoms with E-state index in [4.69, 9.17) is 4.42 Å². The Kier molecular flexibility index (Phi) is 5.70. The monoisotopic (exact) mass is 325 g/mol. The average Bonchev–Trinajstić information content (AvgIpc) is 3.00. The van der Waals surface area contributed by atoms with Crippen LogP contribution in [0.4, 0.5) is 8.78 Å². The molecule has 23 heavy (non-hydrogen) atoms. The van der Waals surface area contributed by atoms with Gasteiger partial charge in [-0.2, -0.15) is 8.78 Å². The van der Waals surface area contributed by atoms with Gasteiger partial charge in [-0.05, 0) is 30.3 Å². The standard InChI is InChI=1S/C16H18F2N2O3/c1-20(2)13(14-7-4-8-22-14)10-19-15(21)11-5-3-6-12(9-11)23-16(17)18/h3-9,13,16H,10H2,1-2H3,(H,19,21)/p+1/t13-/m0/s1. The molecule has 0 aliphatic rings. The first-order valence-corrected chi connectivity index (χ1v) is 7.14. The van der Waals surface area contributed by atoms with Gasteiger partial charge in [0.25, 0.3) is 5.91 Å². The molecule has 0 saturated heterocycles. The zero-order valence-corrected chi connectivity index (χ0v) is 12.9. The van der Waals surface area contributed by atoms with Crippen LogP contribution in [0.25, 0.3) is 0 Å². The minimum atomic E-state index is -2.92. The minimum Gasteiger partial charge on any atom is -0.463 e. The van der Waals surface area contributed by atoms with E-state index < -0.39 is 6.61 Å². The fourth-order valence-corrected chi connectivity index (χ4v) is 2.19. The number of furan rings is 1. The molecule has 1 aromatic carbocycles. The van der Waals surface area contributed by atoms with Crippen LogP contribution < -0.4 is 15.0 Å². The van der Waals surface area contributed by atoms with E-state index in [1.165, 1.54) is 24.3 Å². The third-order valence-corrected chi connectivity index (χ3v) is 3.37. The third-order valence-electron chi connectivity index (χ3n) is 3.37. The van der Waals surface area contributed by atoms with Crippen molar-refractivity contribution in [3.8, 4) is 5.75 Å². The van der Waals surface area contributed by atoms with Gasteiger partial charge in [-0.15, -0.1) is 0 Å². The molecule has 1 aromatic heterocycles. The van der Waals surface area contributed by atoms with Crippen LogP contribution in [0.2, 0.25) is 0 Å². The topological polar surface area (TPSA) is 55.9 Å². The van der Waals surface area contributed by atoms with Gasteiger partial charge in [-0.25, -0.2) is 0 Å². The van der Waals surface area contributed by atoms with Gasteiger partial charge in [0.1, 0.15) is 5.75 Å². The molecule has 0 saturated carbocycles. The van der Waals surface area contributed by atoms with E-state index in [0.29, 0.717) is 6.54 Å². The molecule has 2 aromatic rings. The smallest absolute Gasteiger partial charge is 0.387 e. The van der Waals surface area contributed by atoms with E-state index in [1.807, 2.05) is 20.2 Å². The molecule has 1 amide bonds. The van der Waals surface area contributed by atoms with Crippen LogP contribution in [0, 0.1) is 0 Å². The van der Waals surface area contributed by atoms with Crippen molar-refractivity contribution in [1.29, 1.82) is 0 Å². The highest BCUT2D eigenvalue weighted by atomic mass is 19.3. The maximum Gasteiger partial charge on any atom is 0.387 e. The summed E-state index contributed by atoms with van der Waals surface area (Å²) in [5.41, 5.74) is 0.259. The largest absolute Gasteiger partial charge is 0.463 e. The quantitative estimate of drug-likeness (QED) is 0.811. The molecule has 124 valence electrons. The van der Waals surface area contributed by atoms with Gasteiger partial charge >= 0.3 is 6.61 Å². The lowest BCUT2D eigenvalue weighted by Gasteiger charge is -2.19. The number of hydrogen-bond donors (Lipinski definition) is 2. The lowest BCUT2D eigenvalue weighted by molar-refractivity contribution is -0.891. The summed E-state index contributed by atoms with van der Waals surface area (Å²) in [7, 11) is 3.91. The molecule has 5 nitrogen and oxygen atoms in total. The fraction of sp³-hybridized carbons (Fsp3) is 0.312. The first-order chi connectivity index (χ1) is 11.0. The number of likely N-dealkylation sites (N-methyl/N-ethyl adjacent to an activating group) is 1. The number of carbonyl (C=O) groups is 1. The zero-order chi connectivity index (χ0) is 16.8. The Bertz CT molecular complexity index is 630. The Morgan fingerprint density at radius 3 is 2.70 bits per heavy atom. The highest BCUT2D eigenvalue weighted by Gasteiger charge is 2.21. The maximum absolute atomic E-state index is 12.2. The van der Waals surface area contributed by atoms with Crippen LogP contribution in [0.3, 0.4) is 0 Å². The second-order valence-electron chi connectivity index (χ2n) is 5.26. The van der Waals surface area contributed by atoms with E-state index >= 15 is 0 Å². The van der Waals surface area contributed by atoms with Crippen LogP contribution in [-0.2, 0) is 0 Å². The van der Waals surface area contributed by atoms with E-state index in [9.17, 15) is 13.6 Å². The number of carbonyl (C=O) groups excluding carboxylic acids is 1. The van der Waals surface area contributed by atoms with Crippen molar-refractivity contribution < 1.29 is 27.6 Å². The highest BCUT2D eigenvalue weighted by molar-refractivity contribution is 5.94. The summed E-state index contributed by atoms with van der Waals surface area (Å²) in [6, 6.07) is 9.28. The molecule has 1 heterocycles. The van der Waals surface area contributed by atoms with Crippen molar-refractivity contribution in [1.82, 2.24) is 5.32 Å². The molecule has 0 radical (unpaired) electrons. The lowest BCUT2D eigenvalue weighted by atomic mass is 10.1. The first-order valence-electron chi connectivity index (χ1n) is 7.14. The molecule has 0 fully saturated rings. The predicted octanol–water partition coefficient (Wildman–Crippen LogP) is 1.50. The summed E-state index contributed by atoms with van der Waals surface area (Å²) in [5.74, 6) is 0.357. The van der Waals surface area contributed by atoms with Gasteiger partial charge < -0.3 is 19.4 Å². The number of alkyl halides is 2. The minimum absolute atomic E-state index is 0.0468. The van der Waals surface area contributed by atoms with Crippen LogP contribution in [0.5, 0.6) is 5.75 Å². The third kappa shape index (κ3) is 4.79. The molecule has 0 aliphatic heterocycles. The molecule has 0 aliphatic carbocycles. The summed E-state index contributed by atoms with van der Waals surface area (Å²) >= 11 is 0. The number of rotatable bonds is 7. The SMILES string of the molecule is C[NH+](C)[C@@H](CNC(=O)c1cccc(OC(F)F)c1)c1ccco1. The Hall–Kier alpha value is -2.41. The van der Waals surface area contributed by atoms with E-state index in [1.54, 1.807) is 12.3 Å². The van der Waals surface area contributed by atoms with Gasteiger partial charge in [0.15, 0.2) is 11.8 Å². The van der Waals surface area contributed by atoms with Gasteiger partial charge in [0, 0.05) is 5.56 Å². The molecule has 0 unspecified atom stereocenters. The van der Waals surface area contributed by atoms with Gasteiger partial charge in [0.05, 0.1) is 26.9 Å². The maximum atomic E-state index is 12.2. The molecule has 1 atom stereocenters.